The Morgan fingerprint density at radius 2 is 2.00 bits per heavy atom. The summed E-state index contributed by atoms with van der Waals surface area (Å²) < 4.78 is 5.59. The van der Waals surface area contributed by atoms with Gasteiger partial charge in [0.2, 0.25) is 0 Å². The van der Waals surface area contributed by atoms with Gasteiger partial charge in [-0.25, -0.2) is 0 Å². The molecule has 1 fully saturated rings. The molecule has 1 heterocycles. The van der Waals surface area contributed by atoms with E-state index >= 15 is 0 Å². The highest BCUT2D eigenvalue weighted by Gasteiger charge is 2.30. The van der Waals surface area contributed by atoms with Crippen LogP contribution in [0.4, 0.5) is 0 Å². The zero-order valence-electron chi connectivity index (χ0n) is 12.6. The van der Waals surface area contributed by atoms with Gasteiger partial charge >= 0.3 is 0 Å². The van der Waals surface area contributed by atoms with Gasteiger partial charge in [-0.15, -0.1) is 12.4 Å². The number of hydrogen-bond donors (Lipinski definition) is 1. The fourth-order valence-electron chi connectivity index (χ4n) is 2.45. The molecule has 0 spiro atoms. The first-order valence-corrected chi connectivity index (χ1v) is 7.22. The quantitative estimate of drug-likeness (QED) is 0.815. The van der Waals surface area contributed by atoms with E-state index in [0.717, 1.165) is 25.9 Å². The first-order valence-electron chi connectivity index (χ1n) is 7.22. The third-order valence-corrected chi connectivity index (χ3v) is 3.43. The van der Waals surface area contributed by atoms with Crippen LogP contribution in [0.15, 0.2) is 0 Å². The van der Waals surface area contributed by atoms with E-state index in [1.807, 2.05) is 4.90 Å². The maximum Gasteiger partial charge on any atom is 0.253 e. The minimum absolute atomic E-state index is 0. The summed E-state index contributed by atoms with van der Waals surface area (Å²) in [5.74, 6) is 0.649. The highest BCUT2D eigenvalue weighted by Crippen LogP contribution is 2.14. The average Bonchev–Trinajstić information content (AvgIpc) is 2.38. The van der Waals surface area contributed by atoms with Crippen LogP contribution in [-0.4, -0.2) is 49.2 Å². The molecule has 1 amide bonds. The zero-order chi connectivity index (χ0) is 13.5. The Labute approximate surface area is 123 Å². The molecule has 19 heavy (non-hydrogen) atoms. The Morgan fingerprint density at radius 1 is 1.37 bits per heavy atom. The Bertz CT molecular complexity index is 252. The van der Waals surface area contributed by atoms with Gasteiger partial charge in [0.25, 0.3) is 5.91 Å². The van der Waals surface area contributed by atoms with E-state index in [9.17, 15) is 4.79 Å². The van der Waals surface area contributed by atoms with E-state index < -0.39 is 0 Å². The van der Waals surface area contributed by atoms with Crippen molar-refractivity contribution in [3.8, 4) is 0 Å². The van der Waals surface area contributed by atoms with Gasteiger partial charge in [-0.2, -0.15) is 0 Å². The number of ether oxygens (including phenoxy) is 1. The van der Waals surface area contributed by atoms with Crippen LogP contribution in [0.2, 0.25) is 0 Å². The molecule has 0 aromatic rings. The normalized spacial score (nSPS) is 19.4. The summed E-state index contributed by atoms with van der Waals surface area (Å²) in [6, 6.07) is 0.338. The smallest absolute Gasteiger partial charge is 0.253 e. The summed E-state index contributed by atoms with van der Waals surface area (Å²) >= 11 is 0. The van der Waals surface area contributed by atoms with E-state index in [1.165, 1.54) is 0 Å². The van der Waals surface area contributed by atoms with Crippen molar-refractivity contribution in [2.45, 2.75) is 52.7 Å². The van der Waals surface area contributed by atoms with Crippen molar-refractivity contribution in [1.82, 2.24) is 10.2 Å². The minimum Gasteiger partial charge on any atom is -0.366 e. The lowest BCUT2D eigenvalue weighted by Crippen LogP contribution is -2.53. The Morgan fingerprint density at radius 3 is 2.42 bits per heavy atom. The number of amides is 1. The van der Waals surface area contributed by atoms with Crippen molar-refractivity contribution in [3.05, 3.63) is 0 Å². The van der Waals surface area contributed by atoms with Crippen LogP contribution in [0.3, 0.4) is 0 Å². The summed E-state index contributed by atoms with van der Waals surface area (Å²) in [5.41, 5.74) is 0. The highest BCUT2D eigenvalue weighted by molar-refractivity contribution is 5.85. The van der Waals surface area contributed by atoms with Gasteiger partial charge in [0.05, 0.1) is 6.61 Å². The molecule has 1 saturated heterocycles. The molecule has 4 nitrogen and oxygen atoms in total. The Hall–Kier alpha value is -0.320. The molecule has 0 bridgehead atoms. The van der Waals surface area contributed by atoms with E-state index in [4.69, 9.17) is 4.74 Å². The van der Waals surface area contributed by atoms with Crippen LogP contribution >= 0.6 is 12.4 Å². The van der Waals surface area contributed by atoms with E-state index in [1.54, 1.807) is 0 Å². The van der Waals surface area contributed by atoms with E-state index in [-0.39, 0.29) is 24.4 Å². The second kappa shape index (κ2) is 9.56. The lowest BCUT2D eigenvalue weighted by atomic mass is 10.1. The molecule has 1 unspecified atom stereocenters. The standard InChI is InChI=1S/C14H28N2O2.ClH/c1-5-12(6-2)16(10-11(3)4)14(17)13-9-15-7-8-18-13;/h11-13,15H,5-10H2,1-4H3;1H. The van der Waals surface area contributed by atoms with Crippen molar-refractivity contribution >= 4 is 18.3 Å². The monoisotopic (exact) mass is 292 g/mol. The summed E-state index contributed by atoms with van der Waals surface area (Å²) in [4.78, 5) is 14.6. The van der Waals surface area contributed by atoms with Crippen LogP contribution in [0.25, 0.3) is 0 Å². The van der Waals surface area contributed by atoms with Crippen molar-refractivity contribution in [2.24, 2.45) is 5.92 Å². The highest BCUT2D eigenvalue weighted by atomic mass is 35.5. The van der Waals surface area contributed by atoms with Gasteiger partial charge in [0.1, 0.15) is 6.10 Å². The molecule has 1 aliphatic rings. The lowest BCUT2D eigenvalue weighted by molar-refractivity contribution is -0.148. The van der Waals surface area contributed by atoms with Crippen molar-refractivity contribution in [1.29, 1.82) is 0 Å². The maximum atomic E-state index is 12.6. The molecule has 0 aromatic heterocycles. The van der Waals surface area contributed by atoms with Crippen LogP contribution in [0, 0.1) is 5.92 Å². The van der Waals surface area contributed by atoms with Crippen LogP contribution in [0.1, 0.15) is 40.5 Å². The zero-order valence-corrected chi connectivity index (χ0v) is 13.5. The second-order valence-corrected chi connectivity index (χ2v) is 5.42. The molecule has 1 atom stereocenters. The van der Waals surface area contributed by atoms with Crippen molar-refractivity contribution in [3.63, 3.8) is 0 Å². The lowest BCUT2D eigenvalue weighted by Gasteiger charge is -2.36. The predicted octanol–water partition coefficient (Wildman–Crippen LogP) is 2.07. The predicted molar refractivity (Wildman–Crippen MR) is 80.8 cm³/mol. The van der Waals surface area contributed by atoms with Crippen molar-refractivity contribution < 1.29 is 9.53 Å². The van der Waals surface area contributed by atoms with Crippen LogP contribution < -0.4 is 5.32 Å². The third-order valence-electron chi connectivity index (χ3n) is 3.43. The number of carbonyl (C=O) groups excluding carboxylic acids is 1. The molecule has 0 aromatic carbocycles. The summed E-state index contributed by atoms with van der Waals surface area (Å²) in [6.07, 6.45) is 1.72. The molecule has 0 radical (unpaired) electrons. The number of carbonyl (C=O) groups is 1. The van der Waals surface area contributed by atoms with Gasteiger partial charge in [-0.3, -0.25) is 4.79 Å². The second-order valence-electron chi connectivity index (χ2n) is 5.42. The van der Waals surface area contributed by atoms with Crippen LogP contribution in [-0.2, 0) is 9.53 Å². The van der Waals surface area contributed by atoms with Gasteiger partial charge in [0, 0.05) is 25.7 Å². The molecule has 1 rings (SSSR count). The molecule has 0 saturated carbocycles. The van der Waals surface area contributed by atoms with Gasteiger partial charge in [0.15, 0.2) is 0 Å². The number of morpholine rings is 1. The topological polar surface area (TPSA) is 41.6 Å². The largest absolute Gasteiger partial charge is 0.366 e. The molecule has 5 heteroatoms. The average molecular weight is 293 g/mol. The summed E-state index contributed by atoms with van der Waals surface area (Å²) in [6.45, 7) is 11.6. The Balaban J connectivity index is 0.00000324. The Kier molecular flexibility index (Phi) is 9.40. The number of halogens is 1. The fraction of sp³-hybridized carbons (Fsp3) is 0.929. The number of rotatable bonds is 6. The van der Waals surface area contributed by atoms with Gasteiger partial charge in [-0.1, -0.05) is 27.7 Å². The minimum atomic E-state index is -0.293. The van der Waals surface area contributed by atoms with E-state index in [0.29, 0.717) is 25.1 Å². The molecular formula is C14H29ClN2O2. The number of hydrogen-bond acceptors (Lipinski definition) is 3. The van der Waals surface area contributed by atoms with Crippen LogP contribution in [0.5, 0.6) is 0 Å². The molecule has 114 valence electrons. The molecule has 0 aliphatic carbocycles. The first kappa shape index (κ1) is 18.7. The molecule has 1 aliphatic heterocycles. The van der Waals surface area contributed by atoms with Gasteiger partial charge < -0.3 is 15.0 Å². The number of nitrogens with zero attached hydrogens (tertiary/aromatic N) is 1. The van der Waals surface area contributed by atoms with Crippen molar-refractivity contribution in [2.75, 3.05) is 26.2 Å². The summed E-state index contributed by atoms with van der Waals surface area (Å²) in [5, 5.41) is 3.23. The third kappa shape index (κ3) is 5.67. The summed E-state index contributed by atoms with van der Waals surface area (Å²) in [7, 11) is 0. The van der Waals surface area contributed by atoms with E-state index in [2.05, 4.69) is 33.0 Å². The maximum absolute atomic E-state index is 12.6. The first-order chi connectivity index (χ1) is 8.60. The number of nitrogens with one attached hydrogen (secondary N) is 1. The SMILES string of the molecule is CCC(CC)N(CC(C)C)C(=O)C1CNCCO1.Cl. The fourth-order valence-corrected chi connectivity index (χ4v) is 2.45. The molecular weight excluding hydrogens is 264 g/mol. The molecule has 1 N–H and O–H groups in total. The van der Waals surface area contributed by atoms with Gasteiger partial charge in [-0.05, 0) is 18.8 Å².